The monoisotopic (exact) mass is 312 g/mol. The van der Waals surface area contributed by atoms with Crippen molar-refractivity contribution in [2.24, 2.45) is 0 Å². The van der Waals surface area contributed by atoms with Gasteiger partial charge in [0, 0.05) is 18.8 Å². The second-order valence-corrected chi connectivity index (χ2v) is 6.70. The van der Waals surface area contributed by atoms with Gasteiger partial charge in [0.05, 0.1) is 5.69 Å². The standard InChI is InChI=1S/C13H20N4O3S/c1-3-10-13(18)16-6-7-17(10)11-5-4-9(14)8-12(11)21(19,20)15-2/h4-5,8,10,15H,3,6-7,14H2,1-2H3,(H,16,18). The number of hydrogen-bond donors (Lipinski definition) is 3. The number of amides is 1. The van der Waals surface area contributed by atoms with Gasteiger partial charge >= 0.3 is 0 Å². The topological polar surface area (TPSA) is 105 Å². The molecule has 0 saturated carbocycles. The van der Waals surface area contributed by atoms with Gasteiger partial charge in [0.15, 0.2) is 0 Å². The Kier molecular flexibility index (Phi) is 4.38. The average Bonchev–Trinajstić information content (AvgIpc) is 2.47. The predicted molar refractivity (Wildman–Crippen MR) is 81.5 cm³/mol. The van der Waals surface area contributed by atoms with Crippen LogP contribution in [0.25, 0.3) is 0 Å². The Balaban J connectivity index is 2.55. The van der Waals surface area contributed by atoms with Gasteiger partial charge in [0.2, 0.25) is 15.9 Å². The summed E-state index contributed by atoms with van der Waals surface area (Å²) in [6.45, 7) is 2.94. The molecule has 1 atom stereocenters. The first kappa shape index (κ1) is 15.6. The first-order valence-corrected chi connectivity index (χ1v) is 8.26. The smallest absolute Gasteiger partial charge is 0.242 e. The molecule has 1 aliphatic heterocycles. The van der Waals surface area contributed by atoms with Crippen molar-refractivity contribution in [2.75, 3.05) is 30.8 Å². The number of nitrogens with zero attached hydrogens (tertiary/aromatic N) is 1. The number of piperazine rings is 1. The van der Waals surface area contributed by atoms with Gasteiger partial charge in [0.1, 0.15) is 10.9 Å². The van der Waals surface area contributed by atoms with E-state index in [9.17, 15) is 13.2 Å². The second-order valence-electron chi connectivity index (χ2n) is 4.84. The van der Waals surface area contributed by atoms with Gasteiger partial charge in [-0.1, -0.05) is 6.92 Å². The summed E-state index contributed by atoms with van der Waals surface area (Å²) in [5.41, 5.74) is 6.58. The Morgan fingerprint density at radius 1 is 1.48 bits per heavy atom. The summed E-state index contributed by atoms with van der Waals surface area (Å²) in [5, 5.41) is 2.80. The summed E-state index contributed by atoms with van der Waals surface area (Å²) in [6, 6.07) is 4.33. The van der Waals surface area contributed by atoms with Gasteiger partial charge in [-0.2, -0.15) is 0 Å². The van der Waals surface area contributed by atoms with Crippen molar-refractivity contribution in [1.29, 1.82) is 0 Å². The van der Waals surface area contributed by atoms with Crippen molar-refractivity contribution >= 4 is 27.3 Å². The number of nitrogens with one attached hydrogen (secondary N) is 2. The van der Waals surface area contributed by atoms with E-state index in [1.807, 2.05) is 11.8 Å². The molecule has 7 nitrogen and oxygen atoms in total. The van der Waals surface area contributed by atoms with Crippen LogP contribution in [0.15, 0.2) is 23.1 Å². The number of anilines is 2. The van der Waals surface area contributed by atoms with Gasteiger partial charge in [-0.3, -0.25) is 4.79 Å². The SMILES string of the molecule is CCC1C(=O)NCCN1c1ccc(N)cc1S(=O)(=O)NC. The molecule has 116 valence electrons. The summed E-state index contributed by atoms with van der Waals surface area (Å²) in [4.78, 5) is 13.9. The molecule has 1 fully saturated rings. The van der Waals surface area contributed by atoms with E-state index < -0.39 is 10.0 Å². The minimum Gasteiger partial charge on any atom is -0.399 e. The molecule has 4 N–H and O–H groups in total. The molecule has 1 heterocycles. The summed E-state index contributed by atoms with van der Waals surface area (Å²) >= 11 is 0. The third-order valence-corrected chi connectivity index (χ3v) is 5.01. The first-order valence-electron chi connectivity index (χ1n) is 6.78. The molecule has 1 amide bonds. The number of rotatable bonds is 4. The van der Waals surface area contributed by atoms with Crippen molar-refractivity contribution in [2.45, 2.75) is 24.3 Å². The second kappa shape index (κ2) is 5.90. The Labute approximate surface area is 124 Å². The number of benzene rings is 1. The highest BCUT2D eigenvalue weighted by molar-refractivity contribution is 7.89. The van der Waals surface area contributed by atoms with Crippen LogP contribution in [0.4, 0.5) is 11.4 Å². The van der Waals surface area contributed by atoms with Crippen LogP contribution >= 0.6 is 0 Å². The molecule has 1 unspecified atom stereocenters. The summed E-state index contributed by atoms with van der Waals surface area (Å²) in [7, 11) is -2.30. The number of sulfonamides is 1. The molecule has 1 saturated heterocycles. The van der Waals surface area contributed by atoms with Crippen molar-refractivity contribution < 1.29 is 13.2 Å². The number of nitrogen functional groups attached to an aromatic ring is 1. The van der Waals surface area contributed by atoms with Crippen molar-refractivity contribution in [1.82, 2.24) is 10.0 Å². The Morgan fingerprint density at radius 3 is 2.81 bits per heavy atom. The molecule has 21 heavy (non-hydrogen) atoms. The van der Waals surface area contributed by atoms with E-state index in [1.165, 1.54) is 13.1 Å². The molecule has 1 aromatic rings. The van der Waals surface area contributed by atoms with Crippen LogP contribution in [0.5, 0.6) is 0 Å². The summed E-state index contributed by atoms with van der Waals surface area (Å²) < 4.78 is 26.7. The zero-order valence-corrected chi connectivity index (χ0v) is 12.9. The van der Waals surface area contributed by atoms with E-state index in [0.717, 1.165) is 0 Å². The summed E-state index contributed by atoms with van der Waals surface area (Å²) in [6.07, 6.45) is 0.593. The maximum atomic E-state index is 12.2. The Hall–Kier alpha value is -1.80. The van der Waals surface area contributed by atoms with E-state index >= 15 is 0 Å². The van der Waals surface area contributed by atoms with Gasteiger partial charge < -0.3 is 16.0 Å². The molecular formula is C13H20N4O3S. The van der Waals surface area contributed by atoms with E-state index in [4.69, 9.17) is 5.73 Å². The van der Waals surface area contributed by atoms with Crippen LogP contribution in [-0.4, -0.2) is 40.5 Å². The molecule has 2 rings (SSSR count). The quantitative estimate of drug-likeness (QED) is 0.673. The predicted octanol–water partition coefficient (Wildman–Crippen LogP) is -0.108. The highest BCUT2D eigenvalue weighted by atomic mass is 32.2. The third kappa shape index (κ3) is 2.96. The zero-order valence-electron chi connectivity index (χ0n) is 12.1. The molecule has 1 aliphatic rings. The van der Waals surface area contributed by atoms with Crippen LogP contribution in [0.2, 0.25) is 0 Å². The number of hydrogen-bond acceptors (Lipinski definition) is 5. The lowest BCUT2D eigenvalue weighted by atomic mass is 10.1. The fourth-order valence-electron chi connectivity index (χ4n) is 2.50. The van der Waals surface area contributed by atoms with Crippen LogP contribution < -0.4 is 20.7 Å². The highest BCUT2D eigenvalue weighted by Gasteiger charge is 2.31. The molecule has 0 spiro atoms. The number of carbonyl (C=O) groups excluding carboxylic acids is 1. The van der Waals surface area contributed by atoms with Gasteiger partial charge in [-0.25, -0.2) is 13.1 Å². The van der Waals surface area contributed by atoms with Crippen LogP contribution in [0, 0.1) is 0 Å². The Morgan fingerprint density at radius 2 is 2.19 bits per heavy atom. The lowest BCUT2D eigenvalue weighted by Crippen LogP contribution is -2.55. The number of nitrogens with two attached hydrogens (primary N) is 1. The lowest BCUT2D eigenvalue weighted by Gasteiger charge is -2.37. The molecule has 8 heteroatoms. The maximum absolute atomic E-state index is 12.2. The minimum atomic E-state index is -3.65. The average molecular weight is 312 g/mol. The molecular weight excluding hydrogens is 292 g/mol. The zero-order chi connectivity index (χ0) is 15.6. The normalized spacial score (nSPS) is 19.4. The molecule has 0 aromatic heterocycles. The number of carbonyl (C=O) groups is 1. The largest absolute Gasteiger partial charge is 0.399 e. The van der Waals surface area contributed by atoms with Crippen molar-refractivity contribution in [3.05, 3.63) is 18.2 Å². The molecule has 0 radical (unpaired) electrons. The minimum absolute atomic E-state index is 0.0895. The van der Waals surface area contributed by atoms with Gasteiger partial charge in [-0.05, 0) is 31.7 Å². The van der Waals surface area contributed by atoms with Crippen LogP contribution in [0.1, 0.15) is 13.3 Å². The Bertz CT molecular complexity index is 645. The van der Waals surface area contributed by atoms with Gasteiger partial charge in [-0.15, -0.1) is 0 Å². The maximum Gasteiger partial charge on any atom is 0.242 e. The highest BCUT2D eigenvalue weighted by Crippen LogP contribution is 2.30. The lowest BCUT2D eigenvalue weighted by molar-refractivity contribution is -0.123. The fraction of sp³-hybridized carbons (Fsp3) is 0.462. The first-order chi connectivity index (χ1) is 9.90. The van der Waals surface area contributed by atoms with E-state index in [0.29, 0.717) is 30.9 Å². The van der Waals surface area contributed by atoms with Crippen molar-refractivity contribution in [3.63, 3.8) is 0 Å². The van der Waals surface area contributed by atoms with Crippen LogP contribution in [-0.2, 0) is 14.8 Å². The fourth-order valence-corrected chi connectivity index (χ4v) is 3.47. The van der Waals surface area contributed by atoms with E-state index in [1.54, 1.807) is 12.1 Å². The summed E-state index contributed by atoms with van der Waals surface area (Å²) in [5.74, 6) is -0.0895. The molecule has 0 aliphatic carbocycles. The van der Waals surface area contributed by atoms with Gasteiger partial charge in [0.25, 0.3) is 0 Å². The molecule has 1 aromatic carbocycles. The van der Waals surface area contributed by atoms with E-state index in [-0.39, 0.29) is 16.8 Å². The van der Waals surface area contributed by atoms with E-state index in [2.05, 4.69) is 10.0 Å². The molecule has 0 bridgehead atoms. The van der Waals surface area contributed by atoms with Crippen LogP contribution in [0.3, 0.4) is 0 Å². The van der Waals surface area contributed by atoms with Crippen molar-refractivity contribution in [3.8, 4) is 0 Å². The third-order valence-electron chi connectivity index (χ3n) is 3.57.